The monoisotopic (exact) mass is 1180 g/mol. The van der Waals surface area contributed by atoms with Gasteiger partial charge in [-0.1, -0.05) is 40.2 Å². The zero-order valence-corrected chi connectivity index (χ0v) is 45.3. The van der Waals surface area contributed by atoms with E-state index in [0.29, 0.717) is 30.4 Å². The second kappa shape index (κ2) is 35.3. The fraction of sp³-hybridized carbons (Fsp3) is 0.549. The maximum absolute atomic E-state index is 13.5. The van der Waals surface area contributed by atoms with Crippen LogP contribution in [-0.2, 0) is 56.2 Å². The molecule has 0 aromatic heterocycles. The molecule has 3 rings (SSSR count). The lowest BCUT2D eigenvalue weighted by Gasteiger charge is -2.35. The number of nitrogens with one attached hydrogen (secondary N) is 4. The van der Waals surface area contributed by atoms with Gasteiger partial charge in [0.25, 0.3) is 5.91 Å². The molecule has 1 unspecified atom stereocenters. The average Bonchev–Trinajstić information content (AvgIpc) is 3.38. The molecule has 0 radical (unpaired) electrons. The summed E-state index contributed by atoms with van der Waals surface area (Å²) in [6.45, 7) is 0.728. The first kappa shape index (κ1) is 66.0. The van der Waals surface area contributed by atoms with Crippen molar-refractivity contribution in [3.63, 3.8) is 0 Å². The van der Waals surface area contributed by atoms with Crippen LogP contribution in [0.2, 0.25) is 0 Å². The zero-order valence-electron chi connectivity index (χ0n) is 43.8. The quantitative estimate of drug-likeness (QED) is 0.0443. The number of hydrogen-bond donors (Lipinski definition) is 11. The first-order chi connectivity index (χ1) is 37.5. The Morgan fingerprint density at radius 2 is 1.03 bits per heavy atom. The van der Waals surface area contributed by atoms with Crippen LogP contribution >= 0.6 is 15.9 Å². The highest BCUT2D eigenvalue weighted by atomic mass is 79.9. The molecule has 5 amide bonds. The number of aliphatic carboxylic acids is 7. The number of carboxylic acids is 7. The van der Waals surface area contributed by atoms with E-state index in [1.165, 1.54) is 0 Å². The lowest BCUT2D eigenvalue weighted by atomic mass is 10.1. The molecule has 1 aliphatic heterocycles. The number of urea groups is 1. The summed E-state index contributed by atoms with van der Waals surface area (Å²) < 4.78 is 0.841. The van der Waals surface area contributed by atoms with E-state index in [-0.39, 0.29) is 142 Å². The van der Waals surface area contributed by atoms with Crippen molar-refractivity contribution >= 4 is 81.5 Å². The van der Waals surface area contributed by atoms with Gasteiger partial charge in [-0.25, -0.2) is 14.4 Å². The zero-order chi connectivity index (χ0) is 58.4. The van der Waals surface area contributed by atoms with Gasteiger partial charge in [-0.2, -0.15) is 0 Å². The van der Waals surface area contributed by atoms with E-state index < -0.39 is 84.7 Å². The molecular formula is C51H72BrN9O18. The van der Waals surface area contributed by atoms with Crippen molar-refractivity contribution in [3.05, 3.63) is 69.7 Å². The van der Waals surface area contributed by atoms with Crippen molar-refractivity contribution < 1.29 is 88.5 Å². The Balaban J connectivity index is 1.49. The smallest absolute Gasteiger partial charge is 0.326 e. The Kier molecular flexibility index (Phi) is 29.5. The summed E-state index contributed by atoms with van der Waals surface area (Å²) in [7, 11) is 0. The highest BCUT2D eigenvalue weighted by Crippen LogP contribution is 2.16. The molecule has 27 nitrogen and oxygen atoms in total. The van der Waals surface area contributed by atoms with Gasteiger partial charge in [0.15, 0.2) is 0 Å². The summed E-state index contributed by atoms with van der Waals surface area (Å²) in [5, 5.41) is 76.5. The molecule has 28 heteroatoms. The van der Waals surface area contributed by atoms with Crippen LogP contribution in [0.4, 0.5) is 4.79 Å². The van der Waals surface area contributed by atoms with E-state index in [2.05, 4.69) is 37.2 Å². The number of benzene rings is 2. The molecule has 0 aliphatic carbocycles. The van der Waals surface area contributed by atoms with Gasteiger partial charge < -0.3 is 61.9 Å². The van der Waals surface area contributed by atoms with Gasteiger partial charge in [-0.05, 0) is 80.3 Å². The SMILES string of the molecule is O=C(O)CC[C@H](NC(=O)N[C@@H](CCCCN(Cc1ccc(Br)cc1)C(=O)CCCCNC(=O)c1ccc(CNC(=O)CCC(C(=O)O)N2CCN(CC(=O)O)CCN(CC(=O)O)CCN(CC(=O)O)CC2)cc1)C(=O)O)C(=O)O. The van der Waals surface area contributed by atoms with E-state index in [1.807, 2.05) is 24.3 Å². The molecular weight excluding hydrogens is 1110 g/mol. The molecule has 2 aromatic rings. The number of carbonyl (C=O) groups is 11. The van der Waals surface area contributed by atoms with Crippen LogP contribution in [0.25, 0.3) is 0 Å². The normalized spacial score (nSPS) is 15.2. The number of rotatable bonds is 33. The number of amides is 5. The van der Waals surface area contributed by atoms with Crippen LogP contribution in [0, 0.1) is 0 Å². The predicted octanol–water partition coefficient (Wildman–Crippen LogP) is 0.944. The molecule has 1 fully saturated rings. The Morgan fingerprint density at radius 3 is 1.52 bits per heavy atom. The van der Waals surface area contributed by atoms with Crippen molar-refractivity contribution in [2.45, 2.75) is 95.4 Å². The molecule has 0 saturated carbocycles. The third-order valence-electron chi connectivity index (χ3n) is 12.8. The lowest BCUT2D eigenvalue weighted by Crippen LogP contribution is -2.52. The van der Waals surface area contributed by atoms with Crippen molar-refractivity contribution in [2.24, 2.45) is 0 Å². The summed E-state index contributed by atoms with van der Waals surface area (Å²) in [5.41, 5.74) is 1.83. The van der Waals surface area contributed by atoms with Gasteiger partial charge in [-0.15, -0.1) is 0 Å². The second-order valence-electron chi connectivity index (χ2n) is 18.9. The number of halogens is 1. The van der Waals surface area contributed by atoms with Crippen LogP contribution in [0.15, 0.2) is 53.0 Å². The van der Waals surface area contributed by atoms with Crippen molar-refractivity contribution in [1.82, 2.24) is 45.8 Å². The third-order valence-corrected chi connectivity index (χ3v) is 13.3. The van der Waals surface area contributed by atoms with Gasteiger partial charge in [0.2, 0.25) is 11.8 Å². The van der Waals surface area contributed by atoms with E-state index in [1.54, 1.807) is 48.8 Å². The molecule has 0 spiro atoms. The van der Waals surface area contributed by atoms with E-state index in [9.17, 15) is 83.4 Å². The molecule has 436 valence electrons. The minimum Gasteiger partial charge on any atom is -0.481 e. The van der Waals surface area contributed by atoms with Gasteiger partial charge in [-0.3, -0.25) is 58.0 Å². The summed E-state index contributed by atoms with van der Waals surface area (Å²) in [5.74, 6) is -9.69. The van der Waals surface area contributed by atoms with E-state index in [0.717, 1.165) is 10.0 Å². The Morgan fingerprint density at radius 1 is 0.519 bits per heavy atom. The number of hydrogen-bond acceptors (Lipinski definition) is 15. The minimum absolute atomic E-state index is 0.0456. The molecule has 11 N–H and O–H groups in total. The van der Waals surface area contributed by atoms with Gasteiger partial charge in [0, 0.05) is 108 Å². The lowest BCUT2D eigenvalue weighted by molar-refractivity contribution is -0.145. The maximum Gasteiger partial charge on any atom is 0.326 e. The molecule has 1 saturated heterocycles. The second-order valence-corrected chi connectivity index (χ2v) is 19.8. The van der Waals surface area contributed by atoms with Crippen molar-refractivity contribution in [3.8, 4) is 0 Å². The first-order valence-corrected chi connectivity index (χ1v) is 26.5. The van der Waals surface area contributed by atoms with Crippen LogP contribution in [0.1, 0.15) is 85.7 Å². The fourth-order valence-electron chi connectivity index (χ4n) is 8.46. The van der Waals surface area contributed by atoms with Gasteiger partial charge in [0.1, 0.15) is 18.1 Å². The molecule has 79 heavy (non-hydrogen) atoms. The van der Waals surface area contributed by atoms with Crippen LogP contribution in [0.5, 0.6) is 0 Å². The largest absolute Gasteiger partial charge is 0.481 e. The third kappa shape index (κ3) is 27.2. The van der Waals surface area contributed by atoms with Gasteiger partial charge in [0.05, 0.1) is 19.6 Å². The maximum atomic E-state index is 13.5. The highest BCUT2D eigenvalue weighted by molar-refractivity contribution is 9.10. The molecule has 0 bridgehead atoms. The molecule has 3 atom stereocenters. The number of carbonyl (C=O) groups excluding carboxylic acids is 4. The Hall–Kier alpha value is -7.27. The van der Waals surface area contributed by atoms with Crippen molar-refractivity contribution in [1.29, 1.82) is 0 Å². The topological polar surface area (TPSA) is 394 Å². The predicted molar refractivity (Wildman–Crippen MR) is 284 cm³/mol. The standard InChI is InChI=1S/C51H72BrN9O18/c52-37-13-9-35(10-14-37)30-61(20-4-2-5-38(48(73)74)55-51(79)56-39(49(75)76)15-18-43(64)65)42(63)6-1-3-19-53-47(72)36-11-7-34(8-12-36)29-54-41(62)17-16-40(50(77)78)60-27-25-58(32-45(68)69)23-21-57(31-44(66)67)22-24-59(26-28-60)33-46(70)71/h7-14,38-40H,1-6,15-33H2,(H,53,72)(H,54,62)(H,64,65)(H,66,67)(H,68,69)(H,70,71)(H,73,74)(H,75,76)(H,77,78)(H2,55,56,79)/t38-,39-,40?/m0/s1. The van der Waals surface area contributed by atoms with E-state index >= 15 is 0 Å². The Labute approximate surface area is 464 Å². The highest BCUT2D eigenvalue weighted by Gasteiger charge is 2.29. The number of nitrogens with zero attached hydrogens (tertiary/aromatic N) is 5. The summed E-state index contributed by atoms with van der Waals surface area (Å²) >= 11 is 3.39. The van der Waals surface area contributed by atoms with E-state index in [4.69, 9.17) is 5.11 Å². The minimum atomic E-state index is -1.55. The van der Waals surface area contributed by atoms with Crippen LogP contribution in [0.3, 0.4) is 0 Å². The average molecular weight is 1180 g/mol. The first-order valence-electron chi connectivity index (χ1n) is 25.7. The number of carboxylic acid groups (broad SMARTS) is 7. The van der Waals surface area contributed by atoms with Gasteiger partial charge >= 0.3 is 47.8 Å². The number of unbranched alkanes of at least 4 members (excludes halogenated alkanes) is 2. The Bertz CT molecular complexity index is 2350. The molecule has 1 heterocycles. The molecule has 2 aromatic carbocycles. The fourth-order valence-corrected chi connectivity index (χ4v) is 8.73. The molecule has 1 aliphatic rings. The van der Waals surface area contributed by atoms with Crippen molar-refractivity contribution in [2.75, 3.05) is 85.1 Å². The van der Waals surface area contributed by atoms with Crippen LogP contribution < -0.4 is 21.3 Å². The summed E-state index contributed by atoms with van der Waals surface area (Å²) in [4.78, 5) is 142. The summed E-state index contributed by atoms with van der Waals surface area (Å²) in [6, 6.07) is 8.60. The van der Waals surface area contributed by atoms with Crippen LogP contribution in [-0.4, -0.2) is 229 Å². The summed E-state index contributed by atoms with van der Waals surface area (Å²) in [6.07, 6.45) is 0.364.